The van der Waals surface area contributed by atoms with Crippen LogP contribution < -0.4 is 5.32 Å². The molecule has 4 heteroatoms. The van der Waals surface area contributed by atoms with Crippen molar-refractivity contribution in [2.45, 2.75) is 25.9 Å². The van der Waals surface area contributed by atoms with Crippen LogP contribution in [0.2, 0.25) is 0 Å². The highest BCUT2D eigenvalue weighted by atomic mass is 16.5. The fourth-order valence-corrected chi connectivity index (χ4v) is 2.23. The van der Waals surface area contributed by atoms with Gasteiger partial charge in [0.1, 0.15) is 0 Å². The number of piperidine rings is 1. The number of β-amino-alcohol motifs (C(OH)–C–C–N with tert-alkyl or cyclic N) is 1. The molecule has 1 fully saturated rings. The van der Waals surface area contributed by atoms with Gasteiger partial charge in [-0.2, -0.15) is 0 Å². The number of nitrogens with one attached hydrogen (secondary N) is 1. The Hall–Kier alpha value is -0.160. The number of likely N-dealkylation sites (tertiary alicyclic amines) is 1. The highest BCUT2D eigenvalue weighted by Crippen LogP contribution is 2.16. The first-order valence-corrected chi connectivity index (χ1v) is 6.32. The summed E-state index contributed by atoms with van der Waals surface area (Å²) in [7, 11) is 1.73. The normalized spacial score (nSPS) is 21.2. The zero-order valence-electron chi connectivity index (χ0n) is 10.6. The second-order valence-corrected chi connectivity index (χ2v) is 4.79. The molecule has 0 spiro atoms. The van der Waals surface area contributed by atoms with Gasteiger partial charge in [0.15, 0.2) is 0 Å². The Labute approximate surface area is 99.0 Å². The molecule has 0 aromatic rings. The van der Waals surface area contributed by atoms with Crippen molar-refractivity contribution in [1.29, 1.82) is 0 Å². The Balaban J connectivity index is 2.03. The Bertz CT molecular complexity index is 168. The van der Waals surface area contributed by atoms with Crippen LogP contribution in [0, 0.1) is 5.92 Å². The van der Waals surface area contributed by atoms with E-state index in [1.807, 2.05) is 6.92 Å². The van der Waals surface area contributed by atoms with Crippen LogP contribution in [-0.2, 0) is 4.74 Å². The van der Waals surface area contributed by atoms with E-state index in [1.54, 1.807) is 7.11 Å². The van der Waals surface area contributed by atoms with Gasteiger partial charge in [-0.25, -0.2) is 0 Å². The second kappa shape index (κ2) is 8.01. The van der Waals surface area contributed by atoms with Crippen LogP contribution in [0.3, 0.4) is 0 Å². The topological polar surface area (TPSA) is 44.7 Å². The molecule has 0 aromatic carbocycles. The molecule has 0 radical (unpaired) electrons. The van der Waals surface area contributed by atoms with Gasteiger partial charge in [0.2, 0.25) is 0 Å². The quantitative estimate of drug-likeness (QED) is 0.618. The molecule has 2 N–H and O–H groups in total. The Morgan fingerprint density at radius 1 is 1.44 bits per heavy atom. The van der Waals surface area contributed by atoms with Gasteiger partial charge in [-0.05, 0) is 45.3 Å². The number of nitrogens with zero attached hydrogens (tertiary/aromatic N) is 1. The van der Waals surface area contributed by atoms with Crippen molar-refractivity contribution in [3.05, 3.63) is 0 Å². The lowest BCUT2D eigenvalue weighted by Gasteiger charge is -2.32. The lowest BCUT2D eigenvalue weighted by atomic mass is 9.96. The number of aliphatic hydroxyl groups excluding tert-OH is 1. The van der Waals surface area contributed by atoms with Gasteiger partial charge in [0, 0.05) is 20.2 Å². The molecule has 1 aliphatic rings. The average molecular weight is 230 g/mol. The third-order valence-electron chi connectivity index (χ3n) is 3.15. The molecule has 1 saturated heterocycles. The maximum Gasteiger partial charge on any atom is 0.0639 e. The molecule has 0 bridgehead atoms. The fourth-order valence-electron chi connectivity index (χ4n) is 2.23. The van der Waals surface area contributed by atoms with E-state index in [1.165, 1.54) is 12.8 Å². The molecular formula is C12H26N2O2. The molecule has 0 aromatic heterocycles. The van der Waals surface area contributed by atoms with Gasteiger partial charge in [-0.1, -0.05) is 0 Å². The summed E-state index contributed by atoms with van der Waals surface area (Å²) in [6.07, 6.45) is 2.29. The molecule has 1 aliphatic heterocycles. The van der Waals surface area contributed by atoms with Crippen molar-refractivity contribution in [3.63, 3.8) is 0 Å². The lowest BCUT2D eigenvalue weighted by molar-refractivity contribution is 0.0993. The molecule has 1 heterocycles. The van der Waals surface area contributed by atoms with Gasteiger partial charge in [0.25, 0.3) is 0 Å². The van der Waals surface area contributed by atoms with E-state index in [9.17, 15) is 5.11 Å². The van der Waals surface area contributed by atoms with Crippen molar-refractivity contribution in [1.82, 2.24) is 10.2 Å². The summed E-state index contributed by atoms with van der Waals surface area (Å²) in [6, 6.07) is 0. The molecule has 0 aliphatic carbocycles. The summed E-state index contributed by atoms with van der Waals surface area (Å²) in [5.41, 5.74) is 0. The first kappa shape index (κ1) is 13.9. The van der Waals surface area contributed by atoms with E-state index in [-0.39, 0.29) is 6.10 Å². The fraction of sp³-hybridized carbons (Fsp3) is 1.00. The van der Waals surface area contributed by atoms with Crippen molar-refractivity contribution in [2.24, 2.45) is 5.92 Å². The summed E-state index contributed by atoms with van der Waals surface area (Å²) in [6.45, 7) is 7.78. The maximum atomic E-state index is 9.30. The minimum absolute atomic E-state index is 0.198. The lowest BCUT2D eigenvalue weighted by Crippen LogP contribution is -2.40. The number of ether oxygens (including phenoxy) is 1. The Morgan fingerprint density at radius 3 is 2.69 bits per heavy atom. The van der Waals surface area contributed by atoms with Gasteiger partial charge in [-0.15, -0.1) is 0 Å². The number of aliphatic hydroxyl groups is 1. The molecule has 0 amide bonds. The van der Waals surface area contributed by atoms with Gasteiger partial charge >= 0.3 is 0 Å². The Kier molecular flexibility index (Phi) is 6.96. The van der Waals surface area contributed by atoms with Crippen LogP contribution in [0.1, 0.15) is 19.8 Å². The molecule has 0 saturated carbocycles. The van der Waals surface area contributed by atoms with Crippen molar-refractivity contribution >= 4 is 0 Å². The van der Waals surface area contributed by atoms with Crippen molar-refractivity contribution in [2.75, 3.05) is 46.4 Å². The molecule has 16 heavy (non-hydrogen) atoms. The summed E-state index contributed by atoms with van der Waals surface area (Å²) in [4.78, 5) is 2.36. The third kappa shape index (κ3) is 5.80. The highest BCUT2D eigenvalue weighted by molar-refractivity contribution is 4.74. The summed E-state index contributed by atoms with van der Waals surface area (Å²) >= 11 is 0. The van der Waals surface area contributed by atoms with Crippen LogP contribution in [0.15, 0.2) is 0 Å². The standard InChI is InChI=1S/C12H26N2O2/c1-11(15)10-14-6-3-12(4-7-14)9-13-5-8-16-2/h11-13,15H,3-10H2,1-2H3. The van der Waals surface area contributed by atoms with Crippen LogP contribution in [-0.4, -0.2) is 62.6 Å². The van der Waals surface area contributed by atoms with E-state index in [0.29, 0.717) is 0 Å². The smallest absolute Gasteiger partial charge is 0.0639 e. The van der Waals surface area contributed by atoms with E-state index in [2.05, 4.69) is 10.2 Å². The van der Waals surface area contributed by atoms with Gasteiger partial charge in [0.05, 0.1) is 12.7 Å². The predicted octanol–water partition coefficient (Wildman–Crippen LogP) is 0.315. The van der Waals surface area contributed by atoms with Crippen LogP contribution >= 0.6 is 0 Å². The molecule has 1 unspecified atom stereocenters. The zero-order chi connectivity index (χ0) is 11.8. The maximum absolute atomic E-state index is 9.30. The number of rotatable bonds is 7. The molecule has 96 valence electrons. The van der Waals surface area contributed by atoms with E-state index in [4.69, 9.17) is 4.74 Å². The van der Waals surface area contributed by atoms with E-state index >= 15 is 0 Å². The minimum Gasteiger partial charge on any atom is -0.392 e. The van der Waals surface area contributed by atoms with Crippen LogP contribution in [0.25, 0.3) is 0 Å². The van der Waals surface area contributed by atoms with E-state index < -0.39 is 0 Å². The average Bonchev–Trinajstić information content (AvgIpc) is 2.26. The van der Waals surface area contributed by atoms with Crippen LogP contribution in [0.4, 0.5) is 0 Å². The molecule has 4 nitrogen and oxygen atoms in total. The largest absolute Gasteiger partial charge is 0.392 e. The Morgan fingerprint density at radius 2 is 2.12 bits per heavy atom. The van der Waals surface area contributed by atoms with Crippen molar-refractivity contribution in [3.8, 4) is 0 Å². The molecular weight excluding hydrogens is 204 g/mol. The predicted molar refractivity (Wildman–Crippen MR) is 65.6 cm³/mol. The highest BCUT2D eigenvalue weighted by Gasteiger charge is 2.19. The van der Waals surface area contributed by atoms with Crippen LogP contribution in [0.5, 0.6) is 0 Å². The first-order chi connectivity index (χ1) is 7.72. The summed E-state index contributed by atoms with van der Waals surface area (Å²) in [5.74, 6) is 0.794. The second-order valence-electron chi connectivity index (χ2n) is 4.79. The summed E-state index contributed by atoms with van der Waals surface area (Å²) < 4.78 is 4.99. The van der Waals surface area contributed by atoms with E-state index in [0.717, 1.165) is 45.2 Å². The number of methoxy groups -OCH3 is 1. The molecule has 1 atom stereocenters. The monoisotopic (exact) mass is 230 g/mol. The minimum atomic E-state index is -0.198. The number of hydrogen-bond donors (Lipinski definition) is 2. The SMILES string of the molecule is COCCNCC1CCN(CC(C)O)CC1. The van der Waals surface area contributed by atoms with Crippen molar-refractivity contribution < 1.29 is 9.84 Å². The van der Waals surface area contributed by atoms with Gasteiger partial charge in [-0.3, -0.25) is 0 Å². The zero-order valence-corrected chi connectivity index (χ0v) is 10.6. The number of hydrogen-bond acceptors (Lipinski definition) is 4. The third-order valence-corrected chi connectivity index (χ3v) is 3.15. The van der Waals surface area contributed by atoms with Gasteiger partial charge < -0.3 is 20.1 Å². The molecule has 1 rings (SSSR count). The first-order valence-electron chi connectivity index (χ1n) is 6.32. The summed E-state index contributed by atoms with van der Waals surface area (Å²) in [5, 5.41) is 12.7.